The van der Waals surface area contributed by atoms with Crippen LogP contribution >= 0.6 is 22.9 Å². The van der Waals surface area contributed by atoms with E-state index in [9.17, 15) is 8.42 Å². The first-order chi connectivity index (χ1) is 12.5. The lowest BCUT2D eigenvalue weighted by Gasteiger charge is -2.18. The Morgan fingerprint density at radius 3 is 2.46 bits per heavy atom. The molecule has 0 spiro atoms. The number of halogens is 1. The Hall–Kier alpha value is -2.03. The summed E-state index contributed by atoms with van der Waals surface area (Å²) in [7, 11) is -3.84. The van der Waals surface area contributed by atoms with Gasteiger partial charge in [0.15, 0.2) is 11.5 Å². The standard InChI is InChI=1S/C17H15ClN2O4S2/c1-2-20-13-9-14-15(24-8-7-23-14)10-16(13)25-17(20)19-26(21,22)12-5-3-11(18)4-6-12/h3-6,9-10H,2,7-8H2,1H3. The highest BCUT2D eigenvalue weighted by molar-refractivity contribution is 7.90. The first-order valence-electron chi connectivity index (χ1n) is 7.97. The summed E-state index contributed by atoms with van der Waals surface area (Å²) in [5.41, 5.74) is 0.867. The van der Waals surface area contributed by atoms with E-state index in [-0.39, 0.29) is 4.90 Å². The van der Waals surface area contributed by atoms with E-state index >= 15 is 0 Å². The van der Waals surface area contributed by atoms with Crippen molar-refractivity contribution in [3.8, 4) is 11.5 Å². The Morgan fingerprint density at radius 1 is 1.15 bits per heavy atom. The van der Waals surface area contributed by atoms with Gasteiger partial charge < -0.3 is 14.0 Å². The molecular weight excluding hydrogens is 396 g/mol. The second-order valence-corrected chi connectivity index (χ2v) is 8.66. The molecule has 3 aromatic rings. The first kappa shape index (κ1) is 17.4. The fourth-order valence-electron chi connectivity index (χ4n) is 2.74. The van der Waals surface area contributed by atoms with Crippen LogP contribution in [-0.4, -0.2) is 26.2 Å². The Morgan fingerprint density at radius 2 is 1.81 bits per heavy atom. The van der Waals surface area contributed by atoms with Crippen molar-refractivity contribution in [3.63, 3.8) is 0 Å². The zero-order valence-electron chi connectivity index (χ0n) is 13.8. The van der Waals surface area contributed by atoms with E-state index in [4.69, 9.17) is 21.1 Å². The predicted molar refractivity (Wildman–Crippen MR) is 101 cm³/mol. The Balaban J connectivity index is 1.90. The number of hydrogen-bond acceptors (Lipinski definition) is 5. The molecule has 0 aliphatic carbocycles. The van der Waals surface area contributed by atoms with Crippen LogP contribution in [0.2, 0.25) is 5.02 Å². The highest BCUT2D eigenvalue weighted by atomic mass is 35.5. The van der Waals surface area contributed by atoms with Crippen molar-refractivity contribution < 1.29 is 17.9 Å². The van der Waals surface area contributed by atoms with E-state index in [0.29, 0.717) is 41.1 Å². The number of aromatic nitrogens is 1. The molecule has 0 bridgehead atoms. The van der Waals surface area contributed by atoms with E-state index in [1.54, 1.807) is 0 Å². The van der Waals surface area contributed by atoms with E-state index in [1.165, 1.54) is 35.6 Å². The molecule has 4 rings (SSSR count). The molecule has 9 heteroatoms. The molecule has 1 aliphatic heterocycles. The molecule has 0 fully saturated rings. The molecule has 0 unspecified atom stereocenters. The minimum atomic E-state index is -3.84. The largest absolute Gasteiger partial charge is 0.486 e. The van der Waals surface area contributed by atoms with Gasteiger partial charge in [0.2, 0.25) is 4.80 Å². The van der Waals surface area contributed by atoms with Crippen LogP contribution in [0.25, 0.3) is 10.2 Å². The number of aryl methyl sites for hydroxylation is 1. The van der Waals surface area contributed by atoms with E-state index in [2.05, 4.69) is 4.40 Å². The average molecular weight is 411 g/mol. The second kappa shape index (κ2) is 6.61. The summed E-state index contributed by atoms with van der Waals surface area (Å²) in [6, 6.07) is 9.71. The van der Waals surface area contributed by atoms with Crippen LogP contribution in [0.15, 0.2) is 45.7 Å². The minimum Gasteiger partial charge on any atom is -0.486 e. The quantitative estimate of drug-likeness (QED) is 0.663. The first-order valence-corrected chi connectivity index (χ1v) is 10.6. The van der Waals surface area contributed by atoms with Crippen LogP contribution < -0.4 is 14.3 Å². The van der Waals surface area contributed by atoms with Crippen LogP contribution in [0, 0.1) is 0 Å². The van der Waals surface area contributed by atoms with Gasteiger partial charge in [-0.25, -0.2) is 0 Å². The Labute approximate surface area is 159 Å². The average Bonchev–Trinajstić information content (AvgIpc) is 2.95. The number of hydrogen-bond donors (Lipinski definition) is 0. The maximum atomic E-state index is 12.6. The minimum absolute atomic E-state index is 0.105. The summed E-state index contributed by atoms with van der Waals surface area (Å²) < 4.78 is 43.3. The number of fused-ring (bicyclic) bond motifs is 2. The van der Waals surface area contributed by atoms with Gasteiger partial charge in [-0.1, -0.05) is 22.9 Å². The van der Waals surface area contributed by atoms with Gasteiger partial charge in [-0.05, 0) is 31.2 Å². The third-order valence-electron chi connectivity index (χ3n) is 3.97. The SMILES string of the molecule is CCn1c(=NS(=O)(=O)c2ccc(Cl)cc2)sc2cc3c(cc21)OCCO3. The lowest BCUT2D eigenvalue weighted by molar-refractivity contribution is 0.172. The third kappa shape index (κ3) is 3.08. The fourth-order valence-corrected chi connectivity index (χ4v) is 5.18. The maximum Gasteiger partial charge on any atom is 0.285 e. The summed E-state index contributed by atoms with van der Waals surface area (Å²) in [5, 5.41) is 0.472. The molecule has 0 saturated carbocycles. The lowest BCUT2D eigenvalue weighted by Crippen LogP contribution is -2.17. The van der Waals surface area contributed by atoms with Crippen molar-refractivity contribution in [1.29, 1.82) is 0 Å². The zero-order chi connectivity index (χ0) is 18.3. The summed E-state index contributed by atoms with van der Waals surface area (Å²) >= 11 is 7.14. The summed E-state index contributed by atoms with van der Waals surface area (Å²) in [6.45, 7) is 3.52. The van der Waals surface area contributed by atoms with E-state index in [0.717, 1.165) is 10.2 Å². The summed E-state index contributed by atoms with van der Waals surface area (Å²) in [4.78, 5) is 0.507. The van der Waals surface area contributed by atoms with Crippen molar-refractivity contribution in [3.05, 3.63) is 46.2 Å². The summed E-state index contributed by atoms with van der Waals surface area (Å²) in [5.74, 6) is 1.33. The van der Waals surface area contributed by atoms with Crippen molar-refractivity contribution in [2.24, 2.45) is 4.40 Å². The molecule has 2 heterocycles. The molecule has 6 nitrogen and oxygen atoms in total. The van der Waals surface area contributed by atoms with E-state index in [1.807, 2.05) is 23.6 Å². The van der Waals surface area contributed by atoms with Gasteiger partial charge in [0, 0.05) is 23.7 Å². The molecule has 0 N–H and O–H groups in total. The zero-order valence-corrected chi connectivity index (χ0v) is 16.2. The van der Waals surface area contributed by atoms with Crippen molar-refractivity contribution in [2.45, 2.75) is 18.4 Å². The highest BCUT2D eigenvalue weighted by Crippen LogP contribution is 2.35. The molecule has 0 radical (unpaired) electrons. The smallest absolute Gasteiger partial charge is 0.285 e. The predicted octanol–water partition coefficient (Wildman–Crippen LogP) is 3.44. The molecular formula is C17H15ClN2O4S2. The third-order valence-corrected chi connectivity index (χ3v) is 6.66. The number of sulfonamides is 1. The number of nitrogens with zero attached hydrogens (tertiary/aromatic N) is 2. The van der Waals surface area contributed by atoms with Crippen LogP contribution in [-0.2, 0) is 16.6 Å². The van der Waals surface area contributed by atoms with Crippen LogP contribution in [0.4, 0.5) is 0 Å². The van der Waals surface area contributed by atoms with Gasteiger partial charge in [-0.15, -0.1) is 4.40 Å². The lowest BCUT2D eigenvalue weighted by atomic mass is 10.2. The van der Waals surface area contributed by atoms with Crippen molar-refractivity contribution >= 4 is 43.2 Å². The van der Waals surface area contributed by atoms with Gasteiger partial charge in [0.1, 0.15) is 13.2 Å². The van der Waals surface area contributed by atoms with Crippen LogP contribution in [0.1, 0.15) is 6.92 Å². The Kier molecular flexibility index (Phi) is 4.42. The summed E-state index contributed by atoms with van der Waals surface area (Å²) in [6.07, 6.45) is 0. The van der Waals surface area contributed by atoms with Gasteiger partial charge >= 0.3 is 0 Å². The molecule has 2 aromatic carbocycles. The Bertz CT molecular complexity index is 1150. The number of benzene rings is 2. The van der Waals surface area contributed by atoms with Crippen molar-refractivity contribution in [2.75, 3.05) is 13.2 Å². The molecule has 0 atom stereocenters. The second-order valence-electron chi connectivity index (χ2n) is 5.61. The molecule has 136 valence electrons. The molecule has 0 saturated heterocycles. The van der Waals surface area contributed by atoms with Crippen LogP contribution in [0.3, 0.4) is 0 Å². The maximum absolute atomic E-state index is 12.6. The molecule has 1 aromatic heterocycles. The molecule has 0 amide bonds. The van der Waals surface area contributed by atoms with Gasteiger partial charge in [0.05, 0.1) is 15.1 Å². The highest BCUT2D eigenvalue weighted by Gasteiger charge is 2.18. The van der Waals surface area contributed by atoms with Crippen molar-refractivity contribution in [1.82, 2.24) is 4.57 Å². The van der Waals surface area contributed by atoms with Gasteiger partial charge in [-0.3, -0.25) is 0 Å². The van der Waals surface area contributed by atoms with Gasteiger partial charge in [0.25, 0.3) is 10.0 Å². The normalized spacial score (nSPS) is 14.8. The van der Waals surface area contributed by atoms with Gasteiger partial charge in [-0.2, -0.15) is 8.42 Å². The number of rotatable bonds is 3. The molecule has 1 aliphatic rings. The fraction of sp³-hybridized carbons (Fsp3) is 0.235. The topological polar surface area (TPSA) is 69.9 Å². The number of ether oxygens (including phenoxy) is 2. The van der Waals surface area contributed by atoms with E-state index < -0.39 is 10.0 Å². The van der Waals surface area contributed by atoms with Crippen LogP contribution in [0.5, 0.6) is 11.5 Å². The number of thiazole rings is 1. The molecule has 26 heavy (non-hydrogen) atoms. The monoisotopic (exact) mass is 410 g/mol.